The predicted octanol–water partition coefficient (Wildman–Crippen LogP) is -0.409. The molecule has 1 amide bonds. The van der Waals surface area contributed by atoms with Gasteiger partial charge in [0.2, 0.25) is 5.91 Å². The lowest BCUT2D eigenvalue weighted by Crippen LogP contribution is -2.37. The van der Waals surface area contributed by atoms with Crippen LogP contribution in [0.3, 0.4) is 0 Å². The second-order valence-electron chi connectivity index (χ2n) is 3.64. The Hall–Kier alpha value is -1.79. The average Bonchev–Trinajstić information content (AvgIpc) is 2.56. The van der Waals surface area contributed by atoms with E-state index in [1.165, 1.54) is 4.90 Å². The molecule has 1 rings (SSSR count). The van der Waals surface area contributed by atoms with Gasteiger partial charge in [-0.1, -0.05) is 5.11 Å². The molecule has 1 aliphatic heterocycles. The number of carbonyl (C=O) groups is 2. The van der Waals surface area contributed by atoms with Gasteiger partial charge in [-0.2, -0.15) is 0 Å². The third-order valence-corrected chi connectivity index (χ3v) is 2.38. The monoisotopic (exact) mass is 228 g/mol. The molecular formula is C8H12N4O4. The number of aliphatic hydroxyl groups is 1. The van der Waals surface area contributed by atoms with Crippen LogP contribution in [0.4, 0.5) is 0 Å². The molecule has 88 valence electrons. The standard InChI is InChI=1S/C8H12N4O4/c9-11-10-2-5-1-7(14)12(3-5)4-6(13)8(15)16/h5-6,13H,1-4H2,(H,15,16). The maximum atomic E-state index is 11.4. The van der Waals surface area contributed by atoms with Crippen LogP contribution in [0.1, 0.15) is 6.42 Å². The van der Waals surface area contributed by atoms with Gasteiger partial charge in [-0.05, 0) is 11.4 Å². The molecule has 2 atom stereocenters. The number of rotatable bonds is 5. The molecule has 1 fully saturated rings. The van der Waals surface area contributed by atoms with E-state index in [4.69, 9.17) is 15.7 Å². The number of aliphatic carboxylic acids is 1. The lowest BCUT2D eigenvalue weighted by molar-refractivity contribution is -0.148. The number of amides is 1. The Morgan fingerprint density at radius 2 is 2.44 bits per heavy atom. The second kappa shape index (κ2) is 5.34. The molecule has 0 bridgehead atoms. The van der Waals surface area contributed by atoms with Crippen LogP contribution < -0.4 is 0 Å². The Bertz CT molecular complexity index is 339. The van der Waals surface area contributed by atoms with Gasteiger partial charge in [-0.25, -0.2) is 4.79 Å². The minimum absolute atomic E-state index is 0.0932. The quantitative estimate of drug-likeness (QED) is 0.376. The molecule has 8 heteroatoms. The lowest BCUT2D eigenvalue weighted by Gasteiger charge is -2.17. The van der Waals surface area contributed by atoms with E-state index in [2.05, 4.69) is 10.0 Å². The summed E-state index contributed by atoms with van der Waals surface area (Å²) in [7, 11) is 0. The van der Waals surface area contributed by atoms with Crippen molar-refractivity contribution >= 4 is 11.9 Å². The molecule has 1 saturated heterocycles. The zero-order chi connectivity index (χ0) is 12.1. The van der Waals surface area contributed by atoms with Gasteiger partial charge in [-0.15, -0.1) is 0 Å². The van der Waals surface area contributed by atoms with Gasteiger partial charge in [0.05, 0.1) is 6.54 Å². The van der Waals surface area contributed by atoms with Crippen molar-refractivity contribution in [1.82, 2.24) is 4.90 Å². The highest BCUT2D eigenvalue weighted by Crippen LogP contribution is 2.18. The van der Waals surface area contributed by atoms with E-state index in [1.807, 2.05) is 0 Å². The van der Waals surface area contributed by atoms with Crippen molar-refractivity contribution in [2.24, 2.45) is 11.0 Å². The van der Waals surface area contributed by atoms with E-state index in [0.29, 0.717) is 6.54 Å². The molecule has 0 aromatic carbocycles. The normalized spacial score (nSPS) is 21.7. The van der Waals surface area contributed by atoms with E-state index in [-0.39, 0.29) is 31.3 Å². The molecule has 0 spiro atoms. The number of likely N-dealkylation sites (tertiary alicyclic amines) is 1. The van der Waals surface area contributed by atoms with Gasteiger partial charge in [-0.3, -0.25) is 4.79 Å². The van der Waals surface area contributed by atoms with Crippen LogP contribution in [0.25, 0.3) is 10.4 Å². The summed E-state index contributed by atoms with van der Waals surface area (Å²) in [6, 6.07) is 0. The fourth-order valence-corrected chi connectivity index (χ4v) is 1.59. The predicted molar refractivity (Wildman–Crippen MR) is 52.3 cm³/mol. The van der Waals surface area contributed by atoms with Crippen molar-refractivity contribution in [3.05, 3.63) is 10.4 Å². The van der Waals surface area contributed by atoms with Crippen molar-refractivity contribution in [2.45, 2.75) is 12.5 Å². The molecule has 0 radical (unpaired) electrons. The lowest BCUT2D eigenvalue weighted by atomic mass is 10.1. The Morgan fingerprint density at radius 1 is 1.75 bits per heavy atom. The van der Waals surface area contributed by atoms with Crippen molar-refractivity contribution in [1.29, 1.82) is 0 Å². The fraction of sp³-hybridized carbons (Fsp3) is 0.750. The number of carboxylic acids is 1. The van der Waals surface area contributed by atoms with Crippen LogP contribution in [-0.4, -0.2) is 52.7 Å². The maximum absolute atomic E-state index is 11.4. The van der Waals surface area contributed by atoms with Crippen molar-refractivity contribution in [3.63, 3.8) is 0 Å². The molecule has 0 aliphatic carbocycles. The number of hydrogen-bond acceptors (Lipinski definition) is 4. The molecule has 1 heterocycles. The molecular weight excluding hydrogens is 216 g/mol. The van der Waals surface area contributed by atoms with Crippen molar-refractivity contribution in [3.8, 4) is 0 Å². The summed E-state index contributed by atoms with van der Waals surface area (Å²) >= 11 is 0. The topological polar surface area (TPSA) is 127 Å². The Labute approximate surface area is 91.1 Å². The number of carboxylic acid groups (broad SMARTS) is 1. The van der Waals surface area contributed by atoms with Gasteiger partial charge >= 0.3 is 5.97 Å². The number of β-amino-alcohol motifs (C(OH)–C–C–N with tert-alkyl or cyclic N) is 1. The molecule has 2 N–H and O–H groups in total. The second-order valence-corrected chi connectivity index (χ2v) is 3.64. The fourth-order valence-electron chi connectivity index (χ4n) is 1.59. The van der Waals surface area contributed by atoms with Crippen LogP contribution in [0, 0.1) is 5.92 Å². The molecule has 1 aliphatic rings. The molecule has 8 nitrogen and oxygen atoms in total. The highest BCUT2D eigenvalue weighted by Gasteiger charge is 2.31. The summed E-state index contributed by atoms with van der Waals surface area (Å²) in [5.41, 5.74) is 8.12. The number of carbonyl (C=O) groups excluding carboxylic acids is 1. The maximum Gasteiger partial charge on any atom is 0.334 e. The number of aliphatic hydroxyl groups excluding tert-OH is 1. The van der Waals surface area contributed by atoms with Crippen LogP contribution in [0.2, 0.25) is 0 Å². The minimum atomic E-state index is -1.57. The number of azide groups is 1. The van der Waals surface area contributed by atoms with E-state index >= 15 is 0 Å². The average molecular weight is 228 g/mol. The van der Waals surface area contributed by atoms with Crippen LogP contribution in [0.5, 0.6) is 0 Å². The van der Waals surface area contributed by atoms with Gasteiger partial charge in [0.1, 0.15) is 0 Å². The molecule has 2 unspecified atom stereocenters. The molecule has 0 aromatic rings. The summed E-state index contributed by atoms with van der Waals surface area (Å²) in [4.78, 5) is 25.7. The summed E-state index contributed by atoms with van der Waals surface area (Å²) < 4.78 is 0. The Kier molecular flexibility index (Phi) is 4.10. The molecule has 0 saturated carbocycles. The van der Waals surface area contributed by atoms with Crippen LogP contribution in [-0.2, 0) is 9.59 Å². The minimum Gasteiger partial charge on any atom is -0.479 e. The van der Waals surface area contributed by atoms with Crippen molar-refractivity contribution < 1.29 is 19.8 Å². The van der Waals surface area contributed by atoms with Gasteiger partial charge in [0, 0.05) is 24.4 Å². The Morgan fingerprint density at radius 3 is 3.00 bits per heavy atom. The van der Waals surface area contributed by atoms with Gasteiger partial charge < -0.3 is 15.1 Å². The third-order valence-electron chi connectivity index (χ3n) is 2.38. The highest BCUT2D eigenvalue weighted by molar-refractivity contribution is 5.80. The van der Waals surface area contributed by atoms with Crippen LogP contribution in [0.15, 0.2) is 5.11 Å². The zero-order valence-corrected chi connectivity index (χ0v) is 8.48. The molecule has 0 aromatic heterocycles. The number of hydrogen-bond donors (Lipinski definition) is 2. The molecule has 16 heavy (non-hydrogen) atoms. The van der Waals surface area contributed by atoms with Crippen molar-refractivity contribution in [2.75, 3.05) is 19.6 Å². The number of nitrogens with zero attached hydrogens (tertiary/aromatic N) is 4. The van der Waals surface area contributed by atoms with E-state index < -0.39 is 12.1 Å². The largest absolute Gasteiger partial charge is 0.479 e. The summed E-state index contributed by atoms with van der Waals surface area (Å²) in [6.07, 6.45) is -1.34. The first-order valence-electron chi connectivity index (χ1n) is 4.74. The SMILES string of the molecule is [N-]=[N+]=NCC1CC(=O)N(CC(O)C(=O)O)C1. The summed E-state index contributed by atoms with van der Waals surface area (Å²) in [5.74, 6) is -1.67. The third kappa shape index (κ3) is 3.11. The zero-order valence-electron chi connectivity index (χ0n) is 8.48. The van der Waals surface area contributed by atoms with Gasteiger partial charge in [0.25, 0.3) is 0 Å². The van der Waals surface area contributed by atoms with E-state index in [1.54, 1.807) is 0 Å². The van der Waals surface area contributed by atoms with Gasteiger partial charge in [0.15, 0.2) is 6.10 Å². The first-order valence-corrected chi connectivity index (χ1v) is 4.74. The van der Waals surface area contributed by atoms with E-state index in [9.17, 15) is 9.59 Å². The Balaban J connectivity index is 2.48. The first-order chi connectivity index (χ1) is 7.54. The van der Waals surface area contributed by atoms with Crippen LogP contribution >= 0.6 is 0 Å². The van der Waals surface area contributed by atoms with E-state index in [0.717, 1.165) is 0 Å². The summed E-state index contributed by atoms with van der Waals surface area (Å²) in [5, 5.41) is 20.9. The summed E-state index contributed by atoms with van der Waals surface area (Å²) in [6.45, 7) is 0.311. The highest BCUT2D eigenvalue weighted by atomic mass is 16.4. The first kappa shape index (κ1) is 12.3. The smallest absolute Gasteiger partial charge is 0.334 e.